The van der Waals surface area contributed by atoms with Crippen LogP contribution >= 0.6 is 11.6 Å². The molecule has 0 radical (unpaired) electrons. The first kappa shape index (κ1) is 11.5. The van der Waals surface area contributed by atoms with Gasteiger partial charge in [-0.15, -0.1) is 0 Å². The number of benzene rings is 1. The minimum absolute atomic E-state index is 0.353. The Balaban J connectivity index is 2.98. The summed E-state index contributed by atoms with van der Waals surface area (Å²) >= 11 is 5.74. The normalized spacial score (nSPS) is 11.6. The van der Waals surface area contributed by atoms with E-state index in [4.69, 9.17) is 22.6 Å². The summed E-state index contributed by atoms with van der Waals surface area (Å²) in [6.07, 6.45) is 0. The van der Waals surface area contributed by atoms with E-state index in [0.717, 1.165) is 0 Å². The molecule has 0 bridgehead atoms. The molecule has 0 spiro atoms. The fraction of sp³-hybridized carbons (Fsp3) is 0.200. The standard InChI is InChI=1S/C10H10ClN3O/c1-6(13)10(15)14-9-4-8(11)3-2-7(9)5-12/h2-4,6H,13H2,1H3,(H,14,15)/t6-/m0/s1. The van der Waals surface area contributed by atoms with E-state index >= 15 is 0 Å². The molecule has 15 heavy (non-hydrogen) atoms. The van der Waals surface area contributed by atoms with Gasteiger partial charge in [0.1, 0.15) is 6.07 Å². The Morgan fingerprint density at radius 1 is 1.67 bits per heavy atom. The molecule has 1 amide bonds. The number of nitriles is 1. The zero-order valence-electron chi connectivity index (χ0n) is 8.12. The van der Waals surface area contributed by atoms with Crippen molar-refractivity contribution >= 4 is 23.2 Å². The van der Waals surface area contributed by atoms with Crippen molar-refractivity contribution in [2.75, 3.05) is 5.32 Å². The number of amides is 1. The van der Waals surface area contributed by atoms with Gasteiger partial charge in [-0.3, -0.25) is 4.79 Å². The van der Waals surface area contributed by atoms with Crippen LogP contribution in [0.5, 0.6) is 0 Å². The van der Waals surface area contributed by atoms with Crippen LogP contribution in [-0.4, -0.2) is 11.9 Å². The lowest BCUT2D eigenvalue weighted by molar-refractivity contribution is -0.117. The number of carbonyl (C=O) groups excluding carboxylic acids is 1. The van der Waals surface area contributed by atoms with Gasteiger partial charge in [-0.2, -0.15) is 5.26 Å². The molecule has 78 valence electrons. The van der Waals surface area contributed by atoms with E-state index in [1.807, 2.05) is 6.07 Å². The second kappa shape index (κ2) is 4.78. The summed E-state index contributed by atoms with van der Waals surface area (Å²) in [7, 11) is 0. The van der Waals surface area contributed by atoms with Crippen LogP contribution in [0.15, 0.2) is 18.2 Å². The first-order valence-electron chi connectivity index (χ1n) is 4.30. The van der Waals surface area contributed by atoms with Crippen LogP contribution in [0.1, 0.15) is 12.5 Å². The lowest BCUT2D eigenvalue weighted by Gasteiger charge is -2.09. The monoisotopic (exact) mass is 223 g/mol. The summed E-state index contributed by atoms with van der Waals surface area (Å²) < 4.78 is 0. The molecule has 0 heterocycles. The average molecular weight is 224 g/mol. The highest BCUT2D eigenvalue weighted by Gasteiger charge is 2.10. The van der Waals surface area contributed by atoms with Gasteiger partial charge in [0.15, 0.2) is 0 Å². The van der Waals surface area contributed by atoms with Crippen molar-refractivity contribution in [1.29, 1.82) is 5.26 Å². The van der Waals surface area contributed by atoms with Gasteiger partial charge < -0.3 is 11.1 Å². The molecule has 0 aliphatic heterocycles. The Morgan fingerprint density at radius 2 is 2.33 bits per heavy atom. The SMILES string of the molecule is C[C@H](N)C(=O)Nc1cc(Cl)ccc1C#N. The van der Waals surface area contributed by atoms with Crippen LogP contribution < -0.4 is 11.1 Å². The fourth-order valence-corrected chi connectivity index (χ4v) is 1.14. The summed E-state index contributed by atoms with van der Waals surface area (Å²) in [5.41, 5.74) is 6.12. The van der Waals surface area contributed by atoms with Gasteiger partial charge in [-0.1, -0.05) is 11.6 Å². The summed E-state index contributed by atoms with van der Waals surface area (Å²) in [6.45, 7) is 1.56. The molecule has 1 atom stereocenters. The topological polar surface area (TPSA) is 78.9 Å². The van der Waals surface area contributed by atoms with Crippen molar-refractivity contribution in [2.45, 2.75) is 13.0 Å². The Morgan fingerprint density at radius 3 is 2.87 bits per heavy atom. The largest absolute Gasteiger partial charge is 0.324 e. The molecule has 0 fully saturated rings. The molecule has 3 N–H and O–H groups in total. The van der Waals surface area contributed by atoms with Gasteiger partial charge in [0.2, 0.25) is 5.91 Å². The van der Waals surface area contributed by atoms with Gasteiger partial charge >= 0.3 is 0 Å². The smallest absolute Gasteiger partial charge is 0.241 e. The maximum absolute atomic E-state index is 11.3. The number of halogens is 1. The van der Waals surface area contributed by atoms with Gasteiger partial charge in [0.25, 0.3) is 0 Å². The number of carbonyl (C=O) groups is 1. The van der Waals surface area contributed by atoms with Crippen LogP contribution in [0.25, 0.3) is 0 Å². The van der Waals surface area contributed by atoms with Gasteiger partial charge in [-0.25, -0.2) is 0 Å². The van der Waals surface area contributed by atoms with Crippen LogP contribution in [0.3, 0.4) is 0 Å². The highest BCUT2D eigenvalue weighted by molar-refractivity contribution is 6.31. The number of nitrogens with one attached hydrogen (secondary N) is 1. The summed E-state index contributed by atoms with van der Waals surface area (Å²) in [5.74, 6) is -0.353. The Labute approximate surface area is 92.6 Å². The van der Waals surface area contributed by atoms with E-state index in [-0.39, 0.29) is 5.91 Å². The third-order valence-electron chi connectivity index (χ3n) is 1.77. The molecule has 0 aliphatic carbocycles. The van der Waals surface area contributed by atoms with E-state index in [0.29, 0.717) is 16.3 Å². The van der Waals surface area contributed by atoms with E-state index < -0.39 is 6.04 Å². The summed E-state index contributed by atoms with van der Waals surface area (Å²) in [4.78, 5) is 11.3. The minimum atomic E-state index is -0.629. The third kappa shape index (κ3) is 2.94. The molecule has 0 saturated carbocycles. The van der Waals surface area contributed by atoms with Crippen molar-refractivity contribution in [2.24, 2.45) is 5.73 Å². The maximum Gasteiger partial charge on any atom is 0.241 e. The number of nitrogens with zero attached hydrogens (tertiary/aromatic N) is 1. The zero-order valence-corrected chi connectivity index (χ0v) is 8.88. The number of rotatable bonds is 2. The predicted molar refractivity (Wildman–Crippen MR) is 58.4 cm³/mol. The van der Waals surface area contributed by atoms with Crippen LogP contribution in [0.4, 0.5) is 5.69 Å². The molecule has 1 aromatic rings. The van der Waals surface area contributed by atoms with Crippen molar-refractivity contribution < 1.29 is 4.79 Å². The number of anilines is 1. The van der Waals surface area contributed by atoms with Crippen molar-refractivity contribution in [3.8, 4) is 6.07 Å². The second-order valence-electron chi connectivity index (χ2n) is 3.08. The predicted octanol–water partition coefficient (Wildman–Crippen LogP) is 1.50. The lowest BCUT2D eigenvalue weighted by Crippen LogP contribution is -2.32. The molecular formula is C10H10ClN3O. The van der Waals surface area contributed by atoms with Crippen LogP contribution in [-0.2, 0) is 4.79 Å². The van der Waals surface area contributed by atoms with E-state index in [1.54, 1.807) is 19.1 Å². The molecule has 1 aromatic carbocycles. The number of nitrogens with two attached hydrogens (primary N) is 1. The highest BCUT2D eigenvalue weighted by atomic mass is 35.5. The van der Waals surface area contributed by atoms with Gasteiger partial charge in [0, 0.05) is 5.02 Å². The Bertz CT molecular complexity index is 423. The molecule has 0 aromatic heterocycles. The van der Waals surface area contributed by atoms with Gasteiger partial charge in [-0.05, 0) is 25.1 Å². The lowest BCUT2D eigenvalue weighted by atomic mass is 10.2. The molecule has 4 nitrogen and oxygen atoms in total. The van der Waals surface area contributed by atoms with Crippen LogP contribution in [0.2, 0.25) is 5.02 Å². The molecule has 0 saturated heterocycles. The van der Waals surface area contributed by atoms with Crippen LogP contribution in [0, 0.1) is 11.3 Å². The van der Waals surface area contributed by atoms with E-state index in [1.165, 1.54) is 6.07 Å². The Kier molecular flexibility index (Phi) is 3.67. The molecule has 5 heteroatoms. The van der Waals surface area contributed by atoms with Gasteiger partial charge in [0.05, 0.1) is 17.3 Å². The summed E-state index contributed by atoms with van der Waals surface area (Å²) in [5, 5.41) is 11.8. The first-order chi connectivity index (χ1) is 7.04. The number of hydrogen-bond donors (Lipinski definition) is 2. The highest BCUT2D eigenvalue weighted by Crippen LogP contribution is 2.20. The third-order valence-corrected chi connectivity index (χ3v) is 2.01. The van der Waals surface area contributed by atoms with Crippen molar-refractivity contribution in [3.05, 3.63) is 28.8 Å². The minimum Gasteiger partial charge on any atom is -0.324 e. The number of hydrogen-bond acceptors (Lipinski definition) is 3. The average Bonchev–Trinajstić information content (AvgIpc) is 2.18. The molecular weight excluding hydrogens is 214 g/mol. The van der Waals surface area contributed by atoms with E-state index in [9.17, 15) is 4.79 Å². The fourth-order valence-electron chi connectivity index (χ4n) is 0.964. The second-order valence-corrected chi connectivity index (χ2v) is 3.52. The molecule has 1 rings (SSSR count). The first-order valence-corrected chi connectivity index (χ1v) is 4.68. The quantitative estimate of drug-likeness (QED) is 0.798. The van der Waals surface area contributed by atoms with Crippen molar-refractivity contribution in [3.63, 3.8) is 0 Å². The zero-order chi connectivity index (χ0) is 11.4. The maximum atomic E-state index is 11.3. The Hall–Kier alpha value is -1.57. The van der Waals surface area contributed by atoms with Crippen molar-refractivity contribution in [1.82, 2.24) is 0 Å². The molecule has 0 unspecified atom stereocenters. The van der Waals surface area contributed by atoms with E-state index in [2.05, 4.69) is 5.32 Å². The summed E-state index contributed by atoms with van der Waals surface area (Å²) in [6, 6.07) is 5.96. The molecule has 0 aliphatic rings.